The fourth-order valence-electron chi connectivity index (χ4n) is 0.779. The molecule has 4 heteroatoms. The van der Waals surface area contributed by atoms with Gasteiger partial charge in [0.05, 0.1) is 0 Å². The molecule has 0 spiro atoms. The highest BCUT2D eigenvalue weighted by molar-refractivity contribution is 7.81. The van der Waals surface area contributed by atoms with Crippen LogP contribution in [0.15, 0.2) is 0 Å². The minimum absolute atomic E-state index is 0.527. The van der Waals surface area contributed by atoms with Crippen molar-refractivity contribution in [1.82, 2.24) is 5.32 Å². The fourth-order valence-corrected chi connectivity index (χ4v) is 1.02. The molecule has 0 saturated heterocycles. The summed E-state index contributed by atoms with van der Waals surface area (Å²) in [5.41, 5.74) is 0. The Kier molecular flexibility index (Phi) is 3.18. The number of carboxylic acid groups (broad SMARTS) is 1. The van der Waals surface area contributed by atoms with Crippen LogP contribution < -0.4 is 5.32 Å². The SMILES string of the molecule is CN[C@H](C(=O)O)C(C)(C)S. The van der Waals surface area contributed by atoms with E-state index in [1.54, 1.807) is 20.9 Å². The van der Waals surface area contributed by atoms with Gasteiger partial charge in [-0.2, -0.15) is 12.6 Å². The molecule has 0 saturated carbocycles. The van der Waals surface area contributed by atoms with Gasteiger partial charge >= 0.3 is 5.97 Å². The summed E-state index contributed by atoms with van der Waals surface area (Å²) in [5, 5.41) is 11.3. The Morgan fingerprint density at radius 2 is 2.10 bits per heavy atom. The zero-order chi connectivity index (χ0) is 8.36. The van der Waals surface area contributed by atoms with Crippen molar-refractivity contribution in [3.05, 3.63) is 0 Å². The second-order valence-electron chi connectivity index (χ2n) is 2.71. The van der Waals surface area contributed by atoms with Crippen LogP contribution >= 0.6 is 12.6 Å². The quantitative estimate of drug-likeness (QED) is 0.527. The number of hydrogen-bond acceptors (Lipinski definition) is 3. The molecule has 0 aliphatic carbocycles. The number of likely N-dealkylation sites (N-methyl/N-ethyl adjacent to an activating group) is 1. The molecule has 0 aliphatic rings. The number of rotatable bonds is 3. The number of hydrogen-bond donors (Lipinski definition) is 3. The van der Waals surface area contributed by atoms with Gasteiger partial charge in [0.1, 0.15) is 6.04 Å². The summed E-state index contributed by atoms with van der Waals surface area (Å²) in [6, 6.07) is -0.601. The maximum absolute atomic E-state index is 10.5. The lowest BCUT2D eigenvalue weighted by Crippen LogP contribution is -2.47. The first-order valence-corrected chi connectivity index (χ1v) is 3.46. The van der Waals surface area contributed by atoms with E-state index in [9.17, 15) is 4.79 Å². The maximum Gasteiger partial charge on any atom is 0.322 e. The molecule has 1 atom stereocenters. The van der Waals surface area contributed by atoms with Gasteiger partial charge in [-0.3, -0.25) is 4.79 Å². The summed E-state index contributed by atoms with van der Waals surface area (Å²) in [5.74, 6) is -0.873. The van der Waals surface area contributed by atoms with Crippen LogP contribution in [0.4, 0.5) is 0 Å². The molecule has 0 rings (SSSR count). The number of thiol groups is 1. The summed E-state index contributed by atoms with van der Waals surface area (Å²) in [6.45, 7) is 3.51. The molecule has 0 aromatic rings. The van der Waals surface area contributed by atoms with Gasteiger partial charge in [0.25, 0.3) is 0 Å². The number of aliphatic carboxylic acids is 1. The Morgan fingerprint density at radius 1 is 1.70 bits per heavy atom. The molecule has 10 heavy (non-hydrogen) atoms. The van der Waals surface area contributed by atoms with Crippen LogP contribution in [-0.2, 0) is 4.79 Å². The first kappa shape index (κ1) is 9.78. The number of carboxylic acids is 1. The molecule has 0 bridgehead atoms. The van der Waals surface area contributed by atoms with Crippen LogP contribution in [0.3, 0.4) is 0 Å². The van der Waals surface area contributed by atoms with Gasteiger partial charge in [-0.05, 0) is 20.9 Å². The van der Waals surface area contributed by atoms with E-state index in [2.05, 4.69) is 17.9 Å². The average molecular weight is 163 g/mol. The highest BCUT2D eigenvalue weighted by atomic mass is 32.1. The molecule has 2 N–H and O–H groups in total. The summed E-state index contributed by atoms with van der Waals surface area (Å²) in [7, 11) is 1.61. The lowest BCUT2D eigenvalue weighted by atomic mass is 10.0. The van der Waals surface area contributed by atoms with Crippen LogP contribution in [-0.4, -0.2) is 28.9 Å². The van der Waals surface area contributed by atoms with Crippen molar-refractivity contribution in [2.75, 3.05) is 7.05 Å². The van der Waals surface area contributed by atoms with Crippen LogP contribution in [0.25, 0.3) is 0 Å². The Hall–Kier alpha value is -0.220. The third-order valence-corrected chi connectivity index (χ3v) is 1.50. The van der Waals surface area contributed by atoms with Crippen molar-refractivity contribution < 1.29 is 9.90 Å². The van der Waals surface area contributed by atoms with Crippen molar-refractivity contribution in [3.8, 4) is 0 Å². The molecule has 0 aliphatic heterocycles. The molecule has 0 aromatic heterocycles. The topological polar surface area (TPSA) is 49.3 Å². The lowest BCUT2D eigenvalue weighted by molar-refractivity contribution is -0.139. The van der Waals surface area contributed by atoms with Crippen LogP contribution in [0.2, 0.25) is 0 Å². The van der Waals surface area contributed by atoms with E-state index in [4.69, 9.17) is 5.11 Å². The largest absolute Gasteiger partial charge is 0.480 e. The molecule has 0 fully saturated rings. The molecular weight excluding hydrogens is 150 g/mol. The minimum atomic E-state index is -0.873. The summed E-state index contributed by atoms with van der Waals surface area (Å²) >= 11 is 4.13. The van der Waals surface area contributed by atoms with E-state index in [1.165, 1.54) is 0 Å². The first-order chi connectivity index (χ1) is 4.39. The predicted molar refractivity (Wildman–Crippen MR) is 43.5 cm³/mol. The number of carbonyl (C=O) groups is 1. The third kappa shape index (κ3) is 2.58. The highest BCUT2D eigenvalue weighted by Gasteiger charge is 2.30. The van der Waals surface area contributed by atoms with Crippen LogP contribution in [0.5, 0.6) is 0 Å². The summed E-state index contributed by atoms with van der Waals surface area (Å²) in [4.78, 5) is 10.5. The van der Waals surface area contributed by atoms with E-state index in [-0.39, 0.29) is 0 Å². The fraction of sp³-hybridized carbons (Fsp3) is 0.833. The summed E-state index contributed by atoms with van der Waals surface area (Å²) in [6.07, 6.45) is 0. The van der Waals surface area contributed by atoms with Gasteiger partial charge in [-0.1, -0.05) is 0 Å². The standard InChI is InChI=1S/C6H13NO2S/c1-6(2,10)4(7-3)5(8)9/h4,7,10H,1-3H3,(H,8,9)/t4-/m1/s1. The molecule has 60 valence electrons. The van der Waals surface area contributed by atoms with E-state index in [1.807, 2.05) is 0 Å². The van der Waals surface area contributed by atoms with Gasteiger partial charge in [0.2, 0.25) is 0 Å². The van der Waals surface area contributed by atoms with E-state index in [0.29, 0.717) is 0 Å². The molecule has 0 radical (unpaired) electrons. The third-order valence-electron chi connectivity index (χ3n) is 1.24. The Bertz CT molecular complexity index is 130. The molecule has 0 aromatic carbocycles. The zero-order valence-corrected chi connectivity index (χ0v) is 7.27. The van der Waals surface area contributed by atoms with Crippen molar-refractivity contribution >= 4 is 18.6 Å². The van der Waals surface area contributed by atoms with Crippen molar-refractivity contribution in [2.24, 2.45) is 0 Å². The Morgan fingerprint density at radius 3 is 2.10 bits per heavy atom. The van der Waals surface area contributed by atoms with Gasteiger partial charge in [0.15, 0.2) is 0 Å². The second-order valence-corrected chi connectivity index (χ2v) is 3.87. The van der Waals surface area contributed by atoms with E-state index < -0.39 is 16.8 Å². The first-order valence-electron chi connectivity index (χ1n) is 3.02. The average Bonchev–Trinajstić information content (AvgIpc) is 1.60. The van der Waals surface area contributed by atoms with Crippen LogP contribution in [0, 0.1) is 0 Å². The van der Waals surface area contributed by atoms with Gasteiger partial charge in [-0.25, -0.2) is 0 Å². The maximum atomic E-state index is 10.5. The van der Waals surface area contributed by atoms with Crippen LogP contribution in [0.1, 0.15) is 13.8 Å². The monoisotopic (exact) mass is 163 g/mol. The van der Waals surface area contributed by atoms with Gasteiger partial charge in [-0.15, -0.1) is 0 Å². The molecule has 0 amide bonds. The Labute approximate surface area is 66.2 Å². The van der Waals surface area contributed by atoms with E-state index in [0.717, 1.165) is 0 Å². The van der Waals surface area contributed by atoms with E-state index >= 15 is 0 Å². The Balaban J connectivity index is 4.22. The molecule has 0 unspecified atom stereocenters. The van der Waals surface area contributed by atoms with Crippen molar-refractivity contribution in [1.29, 1.82) is 0 Å². The van der Waals surface area contributed by atoms with Crippen molar-refractivity contribution in [2.45, 2.75) is 24.6 Å². The number of nitrogens with one attached hydrogen (secondary N) is 1. The molecule has 0 heterocycles. The lowest BCUT2D eigenvalue weighted by Gasteiger charge is -2.25. The highest BCUT2D eigenvalue weighted by Crippen LogP contribution is 2.16. The van der Waals surface area contributed by atoms with Gasteiger partial charge in [0, 0.05) is 4.75 Å². The molecule has 3 nitrogen and oxygen atoms in total. The van der Waals surface area contributed by atoms with Crippen molar-refractivity contribution in [3.63, 3.8) is 0 Å². The smallest absolute Gasteiger partial charge is 0.322 e. The minimum Gasteiger partial charge on any atom is -0.480 e. The zero-order valence-electron chi connectivity index (χ0n) is 6.38. The van der Waals surface area contributed by atoms with Gasteiger partial charge < -0.3 is 10.4 Å². The summed E-state index contributed by atoms with van der Waals surface area (Å²) < 4.78 is -0.527. The second kappa shape index (κ2) is 3.25. The molecular formula is C6H13NO2S. The predicted octanol–water partition coefficient (Wildman–Crippen LogP) is 0.367. The normalized spacial score (nSPS) is 14.8.